The van der Waals surface area contributed by atoms with Gasteiger partial charge in [-0.15, -0.1) is 0 Å². The van der Waals surface area contributed by atoms with E-state index >= 15 is 0 Å². The summed E-state index contributed by atoms with van der Waals surface area (Å²) >= 11 is 0. The quantitative estimate of drug-likeness (QED) is 0.617. The Balaban J connectivity index is 2.14. The first-order valence-electron chi connectivity index (χ1n) is 10.6. The number of rotatable bonds is 6. The Morgan fingerprint density at radius 3 is 1.93 bits per heavy atom. The van der Waals surface area contributed by atoms with Gasteiger partial charge in [0.15, 0.2) is 0 Å². The van der Waals surface area contributed by atoms with Gasteiger partial charge in [-0.2, -0.15) is 0 Å². The lowest BCUT2D eigenvalue weighted by Crippen LogP contribution is -2.44. The van der Waals surface area contributed by atoms with Gasteiger partial charge in [0.1, 0.15) is 11.6 Å². The first-order valence-corrected chi connectivity index (χ1v) is 10.6. The Labute approximate surface area is 169 Å². The highest BCUT2D eigenvalue weighted by Gasteiger charge is 2.48. The van der Waals surface area contributed by atoms with Gasteiger partial charge in [-0.3, -0.25) is 9.59 Å². The van der Waals surface area contributed by atoms with Gasteiger partial charge in [-0.25, -0.2) is 0 Å². The molecule has 0 spiro atoms. The molecule has 0 heterocycles. The lowest BCUT2D eigenvalue weighted by atomic mass is 9.58. The molecule has 0 N–H and O–H groups in total. The molecular weight excluding hydrogens is 344 g/mol. The lowest BCUT2D eigenvalue weighted by Gasteiger charge is -2.44. The van der Waals surface area contributed by atoms with Gasteiger partial charge in [-0.05, 0) is 23.0 Å². The molecule has 1 saturated carbocycles. The van der Waals surface area contributed by atoms with E-state index in [0.717, 1.165) is 11.1 Å². The first-order chi connectivity index (χ1) is 13.4. The average molecular weight is 377 g/mol. The highest BCUT2D eigenvalue weighted by Crippen LogP contribution is 2.50. The third kappa shape index (κ3) is 4.27. The minimum Gasteiger partial charge on any atom is -0.299 e. The zero-order valence-corrected chi connectivity index (χ0v) is 17.5. The third-order valence-corrected chi connectivity index (χ3v) is 6.11. The molecular formula is C26H32O2. The fourth-order valence-corrected chi connectivity index (χ4v) is 5.02. The number of carbonyl (C=O) groups excluding carboxylic acids is 2. The monoisotopic (exact) mass is 376 g/mol. The minimum absolute atomic E-state index is 0.0415. The van der Waals surface area contributed by atoms with Crippen LogP contribution in [0.4, 0.5) is 0 Å². The fraction of sp³-hybridized carbons (Fsp3) is 0.462. The van der Waals surface area contributed by atoms with E-state index in [1.807, 2.05) is 36.4 Å². The van der Waals surface area contributed by atoms with Gasteiger partial charge < -0.3 is 0 Å². The normalized spacial score (nSPS) is 25.3. The van der Waals surface area contributed by atoms with Gasteiger partial charge in [0, 0.05) is 36.5 Å². The Morgan fingerprint density at radius 1 is 0.893 bits per heavy atom. The molecule has 1 fully saturated rings. The molecule has 0 saturated heterocycles. The number of hydrogen-bond donors (Lipinski definition) is 0. The van der Waals surface area contributed by atoms with Crippen LogP contribution in [-0.4, -0.2) is 11.6 Å². The van der Waals surface area contributed by atoms with Crippen LogP contribution in [0, 0.1) is 23.7 Å². The van der Waals surface area contributed by atoms with Crippen LogP contribution in [0.3, 0.4) is 0 Å². The van der Waals surface area contributed by atoms with Crippen LogP contribution < -0.4 is 0 Å². The molecule has 2 aromatic carbocycles. The van der Waals surface area contributed by atoms with Crippen molar-refractivity contribution < 1.29 is 9.59 Å². The molecule has 2 aromatic rings. The lowest BCUT2D eigenvalue weighted by molar-refractivity contribution is -0.134. The average Bonchev–Trinajstić information content (AvgIpc) is 2.67. The van der Waals surface area contributed by atoms with Crippen molar-refractivity contribution in [1.29, 1.82) is 0 Å². The summed E-state index contributed by atoms with van der Waals surface area (Å²) in [5.74, 6) is 0.765. The Bertz CT molecular complexity index is 792. The molecule has 0 unspecified atom stereocenters. The molecule has 1 aliphatic rings. The van der Waals surface area contributed by atoms with E-state index in [-0.39, 0.29) is 29.6 Å². The van der Waals surface area contributed by atoms with Crippen molar-refractivity contribution in [3.05, 3.63) is 71.8 Å². The van der Waals surface area contributed by atoms with E-state index in [1.54, 1.807) is 0 Å². The second-order valence-electron chi connectivity index (χ2n) is 8.98. The summed E-state index contributed by atoms with van der Waals surface area (Å²) in [4.78, 5) is 26.8. The third-order valence-electron chi connectivity index (χ3n) is 6.11. The smallest absolute Gasteiger partial charge is 0.137 e. The van der Waals surface area contributed by atoms with Crippen molar-refractivity contribution in [2.45, 2.75) is 52.4 Å². The second-order valence-corrected chi connectivity index (χ2v) is 8.98. The van der Waals surface area contributed by atoms with Crippen LogP contribution in [0.5, 0.6) is 0 Å². The molecule has 2 heteroatoms. The van der Waals surface area contributed by atoms with Crippen LogP contribution in [0.1, 0.15) is 63.5 Å². The Kier molecular flexibility index (Phi) is 6.49. The van der Waals surface area contributed by atoms with Crippen molar-refractivity contribution in [1.82, 2.24) is 0 Å². The minimum atomic E-state index is -0.155. The predicted molar refractivity (Wildman–Crippen MR) is 114 cm³/mol. The van der Waals surface area contributed by atoms with Crippen molar-refractivity contribution in [3.8, 4) is 0 Å². The standard InChI is InChI=1S/C26H32O2/c1-17(2)15-22(27)26-21(19-11-7-5-8-12-19)16-23(28)24(18(3)4)25(26)20-13-9-6-10-14-20/h5-14,17-18,21,24-26H,15-16H2,1-4H3/t21-,24-,25-,26-/m0/s1. The van der Waals surface area contributed by atoms with Crippen molar-refractivity contribution >= 4 is 11.6 Å². The van der Waals surface area contributed by atoms with Gasteiger partial charge >= 0.3 is 0 Å². The highest BCUT2D eigenvalue weighted by molar-refractivity contribution is 5.91. The largest absolute Gasteiger partial charge is 0.299 e. The van der Waals surface area contributed by atoms with Gasteiger partial charge in [0.05, 0.1) is 0 Å². The van der Waals surface area contributed by atoms with Crippen LogP contribution >= 0.6 is 0 Å². The van der Waals surface area contributed by atoms with Gasteiger partial charge in [0.2, 0.25) is 0 Å². The molecule has 0 radical (unpaired) electrons. The number of benzene rings is 2. The number of hydrogen-bond acceptors (Lipinski definition) is 2. The topological polar surface area (TPSA) is 34.1 Å². The van der Waals surface area contributed by atoms with E-state index < -0.39 is 0 Å². The number of ketones is 2. The molecule has 4 atom stereocenters. The fourth-order valence-electron chi connectivity index (χ4n) is 5.02. The van der Waals surface area contributed by atoms with E-state index in [4.69, 9.17) is 0 Å². The molecule has 0 bridgehead atoms. The molecule has 0 aliphatic heterocycles. The van der Waals surface area contributed by atoms with E-state index in [9.17, 15) is 9.59 Å². The molecule has 3 rings (SSSR count). The molecule has 0 amide bonds. The first kappa shape index (κ1) is 20.5. The van der Waals surface area contributed by atoms with Crippen LogP contribution in [0.2, 0.25) is 0 Å². The predicted octanol–water partition coefficient (Wildman–Crippen LogP) is 6.03. The van der Waals surface area contributed by atoms with Crippen LogP contribution in [-0.2, 0) is 9.59 Å². The summed E-state index contributed by atoms with van der Waals surface area (Å²) in [6.07, 6.45) is 1.03. The zero-order chi connectivity index (χ0) is 20.3. The molecule has 1 aliphatic carbocycles. The summed E-state index contributed by atoms with van der Waals surface area (Å²) in [7, 11) is 0. The summed E-state index contributed by atoms with van der Waals surface area (Å²) in [6, 6.07) is 20.4. The van der Waals surface area contributed by atoms with Crippen molar-refractivity contribution in [2.24, 2.45) is 23.7 Å². The van der Waals surface area contributed by atoms with E-state index in [2.05, 4.69) is 52.0 Å². The van der Waals surface area contributed by atoms with Crippen molar-refractivity contribution in [3.63, 3.8) is 0 Å². The van der Waals surface area contributed by atoms with E-state index in [1.165, 1.54) is 0 Å². The van der Waals surface area contributed by atoms with Crippen LogP contribution in [0.15, 0.2) is 60.7 Å². The maximum atomic E-state index is 13.5. The van der Waals surface area contributed by atoms with E-state index in [0.29, 0.717) is 30.3 Å². The van der Waals surface area contributed by atoms with Crippen LogP contribution in [0.25, 0.3) is 0 Å². The van der Waals surface area contributed by atoms with Gasteiger partial charge in [0.25, 0.3) is 0 Å². The molecule has 148 valence electrons. The maximum Gasteiger partial charge on any atom is 0.137 e. The maximum absolute atomic E-state index is 13.5. The summed E-state index contributed by atoms with van der Waals surface area (Å²) < 4.78 is 0. The molecule has 0 aromatic heterocycles. The second kappa shape index (κ2) is 8.86. The molecule has 28 heavy (non-hydrogen) atoms. The molecule has 2 nitrogen and oxygen atoms in total. The Morgan fingerprint density at radius 2 is 1.43 bits per heavy atom. The van der Waals surface area contributed by atoms with Gasteiger partial charge in [-0.1, -0.05) is 88.4 Å². The highest BCUT2D eigenvalue weighted by atomic mass is 16.1. The van der Waals surface area contributed by atoms with Crippen molar-refractivity contribution in [2.75, 3.05) is 0 Å². The SMILES string of the molecule is CC(C)CC(=O)[C@H]1[C@@H](c2ccccc2)[C@@H](C(C)C)C(=O)C[C@H]1c1ccccc1. The summed E-state index contributed by atoms with van der Waals surface area (Å²) in [6.45, 7) is 8.43. The zero-order valence-electron chi connectivity index (χ0n) is 17.5. The Hall–Kier alpha value is -2.22. The summed E-state index contributed by atoms with van der Waals surface area (Å²) in [5.41, 5.74) is 2.23. The summed E-state index contributed by atoms with van der Waals surface area (Å²) in [5, 5.41) is 0. The number of carbonyl (C=O) groups is 2. The number of Topliss-reactive ketones (excluding diaryl/α,β-unsaturated/α-hetero) is 2.